The Morgan fingerprint density at radius 2 is 2.10 bits per heavy atom. The Bertz CT molecular complexity index is 624. The van der Waals surface area contributed by atoms with Crippen LogP contribution in [0.4, 0.5) is 11.4 Å². The lowest BCUT2D eigenvalue weighted by molar-refractivity contribution is -0.120. The molecule has 3 N–H and O–H groups in total. The molecule has 0 aliphatic carbocycles. The number of hydrogen-bond donors (Lipinski definition) is 2. The number of nitrogen functional groups attached to an aromatic ring is 1. The minimum Gasteiger partial charge on any atom is -0.396 e. The van der Waals surface area contributed by atoms with E-state index in [2.05, 4.69) is 10.3 Å². The van der Waals surface area contributed by atoms with E-state index in [1.165, 1.54) is 0 Å². The minimum absolute atomic E-state index is 0.0252. The van der Waals surface area contributed by atoms with Crippen LogP contribution in [0.2, 0.25) is 0 Å². The molecule has 106 valence electrons. The number of para-hydroxylation sites is 1. The number of aromatic nitrogens is 1. The first-order valence-electron chi connectivity index (χ1n) is 6.62. The summed E-state index contributed by atoms with van der Waals surface area (Å²) in [6.45, 7) is 4.14. The highest BCUT2D eigenvalue weighted by molar-refractivity contribution is 5.98. The van der Waals surface area contributed by atoms with Gasteiger partial charge in [0, 0.05) is 18.5 Å². The van der Waals surface area contributed by atoms with E-state index in [9.17, 15) is 4.79 Å². The number of nitrogens with two attached hydrogens (primary N) is 1. The molecule has 1 aromatic carbocycles. The highest BCUT2D eigenvalue weighted by Gasteiger charge is 2.14. The fourth-order valence-corrected chi connectivity index (χ4v) is 2.23. The largest absolute Gasteiger partial charge is 0.396 e. The predicted octanol–water partition coefficient (Wildman–Crippen LogP) is 1.78. The number of rotatable bonds is 4. The summed E-state index contributed by atoms with van der Waals surface area (Å²) in [4.78, 5) is 18.0. The van der Waals surface area contributed by atoms with Gasteiger partial charge in [-0.2, -0.15) is 0 Å². The molecule has 1 aromatic heterocycles. The molecule has 0 unspecified atom stereocenters. The highest BCUT2D eigenvalue weighted by Crippen LogP contribution is 2.30. The fraction of sp³-hybridized carbons (Fsp3) is 0.333. The van der Waals surface area contributed by atoms with Crippen molar-refractivity contribution in [1.82, 2.24) is 10.3 Å². The first kappa shape index (κ1) is 14.1. The van der Waals surface area contributed by atoms with Gasteiger partial charge in [0.15, 0.2) is 0 Å². The van der Waals surface area contributed by atoms with Crippen LogP contribution in [0, 0.1) is 0 Å². The van der Waals surface area contributed by atoms with Gasteiger partial charge in [-0.05, 0) is 19.9 Å². The zero-order chi connectivity index (χ0) is 14.7. The number of fused-ring (bicyclic) bond motifs is 1. The molecule has 0 saturated heterocycles. The van der Waals surface area contributed by atoms with E-state index in [4.69, 9.17) is 5.73 Å². The second-order valence-corrected chi connectivity index (χ2v) is 5.16. The van der Waals surface area contributed by atoms with Crippen LogP contribution >= 0.6 is 0 Å². The van der Waals surface area contributed by atoms with Crippen LogP contribution in [0.25, 0.3) is 10.9 Å². The molecule has 2 rings (SSSR count). The van der Waals surface area contributed by atoms with Crippen molar-refractivity contribution >= 4 is 28.2 Å². The average Bonchev–Trinajstić information content (AvgIpc) is 2.37. The first-order chi connectivity index (χ1) is 9.49. The van der Waals surface area contributed by atoms with E-state index in [0.29, 0.717) is 5.69 Å². The Labute approximate surface area is 118 Å². The van der Waals surface area contributed by atoms with Crippen LogP contribution in [0.3, 0.4) is 0 Å². The number of benzene rings is 1. The number of carbonyl (C=O) groups excluding carboxylic acids is 1. The van der Waals surface area contributed by atoms with E-state index in [0.717, 1.165) is 16.6 Å². The predicted molar refractivity (Wildman–Crippen MR) is 82.7 cm³/mol. The van der Waals surface area contributed by atoms with Gasteiger partial charge in [0.25, 0.3) is 0 Å². The lowest BCUT2D eigenvalue weighted by Gasteiger charge is -2.22. The van der Waals surface area contributed by atoms with Crippen LogP contribution < -0.4 is 16.0 Å². The molecule has 1 heterocycles. The third kappa shape index (κ3) is 2.99. The van der Waals surface area contributed by atoms with Crippen LogP contribution in [0.15, 0.2) is 30.5 Å². The molecule has 0 spiro atoms. The van der Waals surface area contributed by atoms with Gasteiger partial charge in [-0.15, -0.1) is 0 Å². The van der Waals surface area contributed by atoms with Gasteiger partial charge in [0.2, 0.25) is 5.91 Å². The lowest BCUT2D eigenvalue weighted by atomic mass is 10.1. The summed E-state index contributed by atoms with van der Waals surface area (Å²) in [7, 11) is 1.86. The molecule has 0 saturated carbocycles. The number of likely N-dealkylation sites (N-methyl/N-ethyl adjacent to an activating group) is 1. The first-order valence-corrected chi connectivity index (χ1v) is 6.62. The molecular weight excluding hydrogens is 252 g/mol. The standard InChI is InChI=1S/C15H20N4O/c1-10(2)18-14(20)9-19(3)15-11-6-4-5-7-13(11)17-8-12(15)16/h4-8,10H,9,16H2,1-3H3,(H,18,20). The van der Waals surface area contributed by atoms with E-state index in [1.807, 2.05) is 50.1 Å². The molecule has 5 nitrogen and oxygen atoms in total. The van der Waals surface area contributed by atoms with E-state index >= 15 is 0 Å². The zero-order valence-electron chi connectivity index (χ0n) is 12.1. The fourth-order valence-electron chi connectivity index (χ4n) is 2.23. The Morgan fingerprint density at radius 3 is 2.80 bits per heavy atom. The van der Waals surface area contributed by atoms with Gasteiger partial charge in [0.05, 0.1) is 29.6 Å². The topological polar surface area (TPSA) is 71.2 Å². The van der Waals surface area contributed by atoms with Crippen molar-refractivity contribution in [3.05, 3.63) is 30.5 Å². The number of pyridine rings is 1. The number of carbonyl (C=O) groups is 1. The van der Waals surface area contributed by atoms with Crippen LogP contribution in [0.1, 0.15) is 13.8 Å². The average molecular weight is 272 g/mol. The van der Waals surface area contributed by atoms with Gasteiger partial charge < -0.3 is 16.0 Å². The summed E-state index contributed by atoms with van der Waals surface area (Å²) in [5.41, 5.74) is 8.31. The van der Waals surface area contributed by atoms with Crippen LogP contribution in [-0.2, 0) is 4.79 Å². The summed E-state index contributed by atoms with van der Waals surface area (Å²) in [6, 6.07) is 7.89. The van der Waals surface area contributed by atoms with Crippen molar-refractivity contribution < 1.29 is 4.79 Å². The number of nitrogens with zero attached hydrogens (tertiary/aromatic N) is 2. The third-order valence-corrected chi connectivity index (χ3v) is 2.99. The maximum Gasteiger partial charge on any atom is 0.239 e. The maximum atomic E-state index is 11.9. The molecule has 0 radical (unpaired) electrons. The van der Waals surface area contributed by atoms with Gasteiger partial charge in [-0.3, -0.25) is 9.78 Å². The van der Waals surface area contributed by atoms with Crippen LogP contribution in [0.5, 0.6) is 0 Å². The van der Waals surface area contributed by atoms with E-state index in [-0.39, 0.29) is 18.5 Å². The van der Waals surface area contributed by atoms with Crippen molar-refractivity contribution in [3.63, 3.8) is 0 Å². The number of nitrogens with one attached hydrogen (secondary N) is 1. The van der Waals surface area contributed by atoms with Crippen molar-refractivity contribution in [2.45, 2.75) is 19.9 Å². The van der Waals surface area contributed by atoms with Crippen molar-refractivity contribution in [2.24, 2.45) is 0 Å². The molecule has 5 heteroatoms. The Kier molecular flexibility index (Phi) is 4.08. The second-order valence-electron chi connectivity index (χ2n) is 5.16. The SMILES string of the molecule is CC(C)NC(=O)CN(C)c1c(N)cnc2ccccc12. The summed E-state index contributed by atoms with van der Waals surface area (Å²) in [6.07, 6.45) is 1.63. The molecule has 0 bridgehead atoms. The molecule has 0 aliphatic rings. The van der Waals surface area contributed by atoms with Gasteiger partial charge in [0.1, 0.15) is 0 Å². The Morgan fingerprint density at radius 1 is 1.40 bits per heavy atom. The molecular formula is C15H20N4O. The van der Waals surface area contributed by atoms with Gasteiger partial charge >= 0.3 is 0 Å². The smallest absolute Gasteiger partial charge is 0.239 e. The number of anilines is 2. The normalized spacial score (nSPS) is 10.8. The minimum atomic E-state index is -0.0252. The summed E-state index contributed by atoms with van der Waals surface area (Å²) < 4.78 is 0. The Balaban J connectivity index is 2.32. The highest BCUT2D eigenvalue weighted by atomic mass is 16.2. The van der Waals surface area contributed by atoms with Gasteiger partial charge in [-0.25, -0.2) is 0 Å². The second kappa shape index (κ2) is 5.77. The van der Waals surface area contributed by atoms with Gasteiger partial charge in [-0.1, -0.05) is 18.2 Å². The molecule has 20 heavy (non-hydrogen) atoms. The number of amides is 1. The Hall–Kier alpha value is -2.30. The maximum absolute atomic E-state index is 11.9. The van der Waals surface area contributed by atoms with E-state index < -0.39 is 0 Å². The molecule has 0 fully saturated rings. The van der Waals surface area contributed by atoms with Crippen LogP contribution in [-0.4, -0.2) is 30.5 Å². The molecule has 0 atom stereocenters. The summed E-state index contributed by atoms with van der Waals surface area (Å²) >= 11 is 0. The number of hydrogen-bond acceptors (Lipinski definition) is 4. The summed E-state index contributed by atoms with van der Waals surface area (Å²) in [5.74, 6) is -0.0252. The van der Waals surface area contributed by atoms with Crippen molar-refractivity contribution in [3.8, 4) is 0 Å². The molecule has 1 amide bonds. The summed E-state index contributed by atoms with van der Waals surface area (Å²) in [5, 5.41) is 3.83. The molecule has 2 aromatic rings. The van der Waals surface area contributed by atoms with Crippen molar-refractivity contribution in [2.75, 3.05) is 24.2 Å². The van der Waals surface area contributed by atoms with E-state index in [1.54, 1.807) is 6.20 Å². The lowest BCUT2D eigenvalue weighted by Crippen LogP contribution is -2.38. The van der Waals surface area contributed by atoms with Crippen molar-refractivity contribution in [1.29, 1.82) is 0 Å². The molecule has 0 aliphatic heterocycles. The monoisotopic (exact) mass is 272 g/mol. The zero-order valence-corrected chi connectivity index (χ0v) is 12.1. The third-order valence-electron chi connectivity index (χ3n) is 2.99. The quantitative estimate of drug-likeness (QED) is 0.890.